The van der Waals surface area contributed by atoms with Gasteiger partial charge in [-0.3, -0.25) is 19.9 Å². The number of carbonyl (C=O) groups is 2. The summed E-state index contributed by atoms with van der Waals surface area (Å²) in [7, 11) is 0. The standard InChI is InChI=1S/C21H17N5O3S2/c27-18(12-30-21-24-13-5-1-2-7-16(13)29-21)26-10-8-14-17(11-26)31-20(23-14)25-19(28)15-6-3-4-9-22-15/h1-7,9H,8,10-12H2,(H,23,25,28). The second kappa shape index (κ2) is 8.48. The molecule has 0 fully saturated rings. The van der Waals surface area contributed by atoms with E-state index in [1.165, 1.54) is 23.1 Å². The molecule has 10 heteroatoms. The fraction of sp³-hybridized carbons (Fsp3) is 0.190. The number of rotatable bonds is 5. The van der Waals surface area contributed by atoms with Crippen LogP contribution < -0.4 is 5.32 Å². The molecule has 0 radical (unpaired) electrons. The highest BCUT2D eigenvalue weighted by Gasteiger charge is 2.25. The summed E-state index contributed by atoms with van der Waals surface area (Å²) in [5.74, 6) is -0.0238. The Morgan fingerprint density at radius 3 is 2.87 bits per heavy atom. The predicted molar refractivity (Wildman–Crippen MR) is 118 cm³/mol. The van der Waals surface area contributed by atoms with E-state index in [1.807, 2.05) is 24.3 Å². The fourth-order valence-electron chi connectivity index (χ4n) is 3.25. The molecule has 0 saturated heterocycles. The highest BCUT2D eigenvalue weighted by Crippen LogP contribution is 2.29. The number of anilines is 1. The van der Waals surface area contributed by atoms with E-state index in [1.54, 1.807) is 29.3 Å². The minimum Gasteiger partial charge on any atom is -0.431 e. The molecule has 1 aliphatic rings. The van der Waals surface area contributed by atoms with Crippen LogP contribution in [-0.4, -0.2) is 44.0 Å². The number of thioether (sulfide) groups is 1. The maximum Gasteiger partial charge on any atom is 0.276 e. The minimum atomic E-state index is -0.297. The van der Waals surface area contributed by atoms with E-state index >= 15 is 0 Å². The van der Waals surface area contributed by atoms with Gasteiger partial charge in [-0.25, -0.2) is 9.97 Å². The smallest absolute Gasteiger partial charge is 0.276 e. The van der Waals surface area contributed by atoms with Crippen LogP contribution in [0.15, 0.2) is 58.3 Å². The van der Waals surface area contributed by atoms with Crippen molar-refractivity contribution in [1.29, 1.82) is 0 Å². The molecule has 2 amide bonds. The van der Waals surface area contributed by atoms with Crippen molar-refractivity contribution in [1.82, 2.24) is 19.9 Å². The molecular weight excluding hydrogens is 434 g/mol. The summed E-state index contributed by atoms with van der Waals surface area (Å²) in [5, 5.41) is 3.81. The summed E-state index contributed by atoms with van der Waals surface area (Å²) >= 11 is 2.69. The number of aromatic nitrogens is 3. The molecule has 4 aromatic rings. The summed E-state index contributed by atoms with van der Waals surface area (Å²) in [6.45, 7) is 1.08. The summed E-state index contributed by atoms with van der Waals surface area (Å²) < 4.78 is 5.67. The monoisotopic (exact) mass is 451 g/mol. The lowest BCUT2D eigenvalue weighted by atomic mass is 10.2. The molecule has 4 heterocycles. The number of benzene rings is 1. The molecule has 156 valence electrons. The number of oxazole rings is 1. The minimum absolute atomic E-state index is 0.0189. The number of thiazole rings is 1. The van der Waals surface area contributed by atoms with Crippen molar-refractivity contribution in [3.63, 3.8) is 0 Å². The van der Waals surface area contributed by atoms with Gasteiger partial charge in [-0.05, 0) is 24.3 Å². The number of fused-ring (bicyclic) bond motifs is 2. The van der Waals surface area contributed by atoms with E-state index < -0.39 is 0 Å². The van der Waals surface area contributed by atoms with Gasteiger partial charge in [0, 0.05) is 24.0 Å². The van der Waals surface area contributed by atoms with Crippen LogP contribution in [0.2, 0.25) is 0 Å². The Bertz CT molecular complexity index is 1220. The van der Waals surface area contributed by atoms with Crippen molar-refractivity contribution in [3.8, 4) is 0 Å². The van der Waals surface area contributed by atoms with Crippen molar-refractivity contribution in [2.24, 2.45) is 0 Å². The topological polar surface area (TPSA) is 101 Å². The maximum atomic E-state index is 12.7. The molecule has 1 N–H and O–H groups in total. The molecule has 5 rings (SSSR count). The number of hydrogen-bond donors (Lipinski definition) is 1. The number of nitrogens with one attached hydrogen (secondary N) is 1. The molecule has 31 heavy (non-hydrogen) atoms. The van der Waals surface area contributed by atoms with E-state index in [0.717, 1.165) is 16.1 Å². The van der Waals surface area contributed by atoms with Crippen LogP contribution in [0, 0.1) is 0 Å². The number of nitrogens with zero attached hydrogens (tertiary/aromatic N) is 4. The van der Waals surface area contributed by atoms with E-state index in [-0.39, 0.29) is 17.6 Å². The Morgan fingerprint density at radius 1 is 1.16 bits per heavy atom. The van der Waals surface area contributed by atoms with Crippen LogP contribution in [0.4, 0.5) is 5.13 Å². The van der Waals surface area contributed by atoms with E-state index in [2.05, 4.69) is 20.3 Å². The molecule has 8 nitrogen and oxygen atoms in total. The third-order valence-corrected chi connectivity index (χ3v) is 6.61. The molecule has 0 saturated carbocycles. The lowest BCUT2D eigenvalue weighted by Gasteiger charge is -2.25. The Hall–Kier alpha value is -3.24. The Balaban J connectivity index is 1.20. The predicted octanol–water partition coefficient (Wildman–Crippen LogP) is 3.61. The van der Waals surface area contributed by atoms with Crippen molar-refractivity contribution in [3.05, 3.63) is 64.9 Å². The first kappa shape index (κ1) is 19.7. The molecule has 0 aliphatic carbocycles. The molecule has 1 aromatic carbocycles. The van der Waals surface area contributed by atoms with Gasteiger partial charge in [0.25, 0.3) is 11.1 Å². The van der Waals surface area contributed by atoms with Crippen LogP contribution in [0.3, 0.4) is 0 Å². The van der Waals surface area contributed by atoms with Gasteiger partial charge in [0.15, 0.2) is 10.7 Å². The zero-order valence-corrected chi connectivity index (χ0v) is 17.9. The molecule has 0 bridgehead atoms. The van der Waals surface area contributed by atoms with Crippen LogP contribution in [-0.2, 0) is 17.8 Å². The summed E-state index contributed by atoms with van der Waals surface area (Å²) in [4.78, 5) is 40.8. The van der Waals surface area contributed by atoms with Crippen molar-refractivity contribution < 1.29 is 14.0 Å². The van der Waals surface area contributed by atoms with E-state index in [9.17, 15) is 9.59 Å². The second-order valence-electron chi connectivity index (χ2n) is 6.86. The molecule has 0 unspecified atom stereocenters. The summed E-state index contributed by atoms with van der Waals surface area (Å²) in [5.41, 5.74) is 2.76. The first-order valence-electron chi connectivity index (χ1n) is 9.63. The summed E-state index contributed by atoms with van der Waals surface area (Å²) in [6, 6.07) is 12.7. The van der Waals surface area contributed by atoms with Gasteiger partial charge in [-0.2, -0.15) is 0 Å². The van der Waals surface area contributed by atoms with Gasteiger partial charge in [0.1, 0.15) is 11.2 Å². The summed E-state index contributed by atoms with van der Waals surface area (Å²) in [6.07, 6.45) is 2.23. The van der Waals surface area contributed by atoms with Gasteiger partial charge < -0.3 is 9.32 Å². The largest absolute Gasteiger partial charge is 0.431 e. The van der Waals surface area contributed by atoms with Crippen LogP contribution in [0.5, 0.6) is 0 Å². The highest BCUT2D eigenvalue weighted by molar-refractivity contribution is 7.99. The zero-order chi connectivity index (χ0) is 21.2. The maximum absolute atomic E-state index is 12.7. The van der Waals surface area contributed by atoms with Gasteiger partial charge in [0.05, 0.1) is 18.0 Å². The molecule has 1 aliphatic heterocycles. The van der Waals surface area contributed by atoms with Crippen LogP contribution in [0.25, 0.3) is 11.1 Å². The average molecular weight is 452 g/mol. The molecular formula is C21H17N5O3S2. The third-order valence-electron chi connectivity index (χ3n) is 4.80. The Morgan fingerprint density at radius 2 is 2.03 bits per heavy atom. The van der Waals surface area contributed by atoms with Gasteiger partial charge in [-0.15, -0.1) is 0 Å². The SMILES string of the molecule is O=C(Nc1nc2c(s1)CN(C(=O)CSc1nc3ccccc3o1)CC2)c1ccccn1. The normalized spacial score (nSPS) is 13.2. The van der Waals surface area contributed by atoms with Crippen molar-refractivity contribution in [2.45, 2.75) is 18.2 Å². The average Bonchev–Trinajstić information content (AvgIpc) is 3.40. The number of hydrogen-bond acceptors (Lipinski definition) is 8. The Kier molecular flexibility index (Phi) is 5.39. The zero-order valence-electron chi connectivity index (χ0n) is 16.3. The number of pyridine rings is 1. The first-order valence-corrected chi connectivity index (χ1v) is 11.4. The number of para-hydroxylation sites is 2. The molecule has 0 atom stereocenters. The molecule has 0 spiro atoms. The van der Waals surface area contributed by atoms with Crippen LogP contribution >= 0.6 is 23.1 Å². The second-order valence-corrected chi connectivity index (χ2v) is 8.87. The first-order chi connectivity index (χ1) is 15.2. The highest BCUT2D eigenvalue weighted by atomic mass is 32.2. The van der Waals surface area contributed by atoms with Crippen LogP contribution in [0.1, 0.15) is 21.1 Å². The number of amides is 2. The fourth-order valence-corrected chi connectivity index (χ4v) is 5.01. The van der Waals surface area contributed by atoms with Crippen molar-refractivity contribution >= 4 is 51.1 Å². The Labute approximate surface area is 185 Å². The quantitative estimate of drug-likeness (QED) is 0.463. The van der Waals surface area contributed by atoms with E-state index in [4.69, 9.17) is 4.42 Å². The lowest BCUT2D eigenvalue weighted by Crippen LogP contribution is -2.36. The van der Waals surface area contributed by atoms with Gasteiger partial charge in [0.2, 0.25) is 5.91 Å². The third kappa shape index (κ3) is 4.30. The van der Waals surface area contributed by atoms with Crippen molar-refractivity contribution in [2.75, 3.05) is 17.6 Å². The van der Waals surface area contributed by atoms with E-state index in [0.29, 0.717) is 41.1 Å². The van der Waals surface area contributed by atoms with Gasteiger partial charge >= 0.3 is 0 Å². The molecule has 3 aromatic heterocycles. The van der Waals surface area contributed by atoms with Gasteiger partial charge in [-0.1, -0.05) is 41.3 Å². The number of carbonyl (C=O) groups excluding carboxylic acids is 2. The lowest BCUT2D eigenvalue weighted by molar-refractivity contribution is -0.129.